The summed E-state index contributed by atoms with van der Waals surface area (Å²) in [6.07, 6.45) is -4.16. The minimum atomic E-state index is -4.92. The van der Waals surface area contributed by atoms with E-state index in [1.54, 1.807) is 6.92 Å². The fourth-order valence-electron chi connectivity index (χ4n) is 2.97. The molecule has 0 fully saturated rings. The smallest absolute Gasteiger partial charge is 0.319 e. The molecule has 2 heterocycles. The van der Waals surface area contributed by atoms with Crippen LogP contribution < -0.4 is 5.32 Å². The minimum Gasteiger partial charge on any atom is -0.319 e. The van der Waals surface area contributed by atoms with Gasteiger partial charge in [-0.1, -0.05) is 11.6 Å². The number of tetrazole rings is 1. The van der Waals surface area contributed by atoms with Gasteiger partial charge in [-0.2, -0.15) is 23.0 Å². The van der Waals surface area contributed by atoms with E-state index in [2.05, 4.69) is 25.9 Å². The van der Waals surface area contributed by atoms with E-state index in [1.165, 1.54) is 41.1 Å². The Morgan fingerprint density at radius 2 is 1.75 bits per heavy atom. The molecule has 0 bridgehead atoms. The lowest BCUT2D eigenvalue weighted by Crippen LogP contribution is -2.21. The van der Waals surface area contributed by atoms with Gasteiger partial charge in [0.15, 0.2) is 11.5 Å². The number of carbonyl (C=O) groups excluding carboxylic acids is 1. The van der Waals surface area contributed by atoms with E-state index in [0.717, 1.165) is 12.3 Å². The maximum Gasteiger partial charge on any atom is 0.434 e. The lowest BCUT2D eigenvalue weighted by Gasteiger charge is -2.13. The first-order chi connectivity index (χ1) is 15.1. The number of hydrogen-bond acceptors (Lipinski definition) is 5. The molecule has 4 aromatic rings. The van der Waals surface area contributed by atoms with Crippen LogP contribution in [-0.4, -0.2) is 35.9 Å². The van der Waals surface area contributed by atoms with E-state index in [1.807, 2.05) is 0 Å². The van der Waals surface area contributed by atoms with Gasteiger partial charge in [0.1, 0.15) is 5.82 Å². The molecule has 2 aromatic carbocycles. The van der Waals surface area contributed by atoms with E-state index in [4.69, 9.17) is 11.6 Å². The number of amides is 1. The van der Waals surface area contributed by atoms with Crippen molar-refractivity contribution in [3.63, 3.8) is 0 Å². The first kappa shape index (κ1) is 21.4. The molecule has 1 N–H and O–H groups in total. The van der Waals surface area contributed by atoms with Crippen LogP contribution >= 0.6 is 11.6 Å². The van der Waals surface area contributed by atoms with Crippen molar-refractivity contribution in [2.24, 2.45) is 0 Å². The van der Waals surface area contributed by atoms with Crippen molar-refractivity contribution >= 4 is 23.2 Å². The van der Waals surface area contributed by atoms with Gasteiger partial charge in [0.25, 0.3) is 5.91 Å². The molecule has 1 amide bonds. The SMILES string of the molecule is Cc1nnnn1-c1ccc(F)c(NC(=O)c2cnn(-c3ccc(Cl)cc3)c2C(F)(F)F)c1. The lowest BCUT2D eigenvalue weighted by molar-refractivity contribution is -0.143. The Balaban J connectivity index is 1.72. The van der Waals surface area contributed by atoms with Gasteiger partial charge in [-0.15, -0.1) is 5.10 Å². The Morgan fingerprint density at radius 3 is 2.38 bits per heavy atom. The predicted octanol–water partition coefficient (Wildman–Crippen LogP) is 4.22. The number of halogens is 5. The first-order valence-corrected chi connectivity index (χ1v) is 9.30. The van der Waals surface area contributed by atoms with Gasteiger partial charge in [0.05, 0.1) is 28.8 Å². The normalized spacial score (nSPS) is 11.6. The molecule has 32 heavy (non-hydrogen) atoms. The molecule has 0 atom stereocenters. The summed E-state index contributed by atoms with van der Waals surface area (Å²) in [5.74, 6) is -1.66. The van der Waals surface area contributed by atoms with Gasteiger partial charge < -0.3 is 5.32 Å². The topological polar surface area (TPSA) is 90.5 Å². The van der Waals surface area contributed by atoms with E-state index < -0.39 is 29.2 Å². The third-order valence-corrected chi connectivity index (χ3v) is 4.67. The number of aryl methyl sites for hydroxylation is 1. The Labute approximate surface area is 182 Å². The molecule has 0 unspecified atom stereocenters. The van der Waals surface area contributed by atoms with Crippen molar-refractivity contribution in [3.8, 4) is 11.4 Å². The maximum absolute atomic E-state index is 14.3. The van der Waals surface area contributed by atoms with E-state index in [0.29, 0.717) is 21.2 Å². The van der Waals surface area contributed by atoms with Crippen LogP contribution in [0.5, 0.6) is 0 Å². The second kappa shape index (κ2) is 8.04. The molecule has 0 aliphatic rings. The highest BCUT2D eigenvalue weighted by molar-refractivity contribution is 6.30. The Kier molecular flexibility index (Phi) is 5.38. The summed E-state index contributed by atoms with van der Waals surface area (Å²) in [7, 11) is 0. The Hall–Kier alpha value is -3.80. The first-order valence-electron chi connectivity index (χ1n) is 8.92. The maximum atomic E-state index is 14.3. The van der Waals surface area contributed by atoms with Gasteiger partial charge in [0, 0.05) is 5.02 Å². The number of nitrogens with one attached hydrogen (secondary N) is 1. The minimum absolute atomic E-state index is 0.0445. The molecule has 13 heteroatoms. The number of anilines is 1. The van der Waals surface area contributed by atoms with Crippen molar-refractivity contribution in [1.29, 1.82) is 0 Å². The zero-order chi connectivity index (χ0) is 23.0. The van der Waals surface area contributed by atoms with Crippen molar-refractivity contribution in [3.05, 3.63) is 76.6 Å². The number of benzene rings is 2. The second-order valence-corrected chi connectivity index (χ2v) is 6.99. The van der Waals surface area contributed by atoms with Crippen LogP contribution in [-0.2, 0) is 6.18 Å². The molecule has 0 spiro atoms. The largest absolute Gasteiger partial charge is 0.434 e. The monoisotopic (exact) mass is 465 g/mol. The molecule has 0 aliphatic carbocycles. The van der Waals surface area contributed by atoms with E-state index in [-0.39, 0.29) is 11.4 Å². The predicted molar refractivity (Wildman–Crippen MR) is 105 cm³/mol. The van der Waals surface area contributed by atoms with Crippen LogP contribution in [0.2, 0.25) is 5.02 Å². The highest BCUT2D eigenvalue weighted by atomic mass is 35.5. The number of rotatable bonds is 4. The summed E-state index contributed by atoms with van der Waals surface area (Å²) in [4.78, 5) is 12.7. The van der Waals surface area contributed by atoms with Gasteiger partial charge in [-0.25, -0.2) is 9.07 Å². The summed E-state index contributed by atoms with van der Waals surface area (Å²) < 4.78 is 57.6. The van der Waals surface area contributed by atoms with Crippen LogP contribution in [0.25, 0.3) is 11.4 Å². The van der Waals surface area contributed by atoms with E-state index in [9.17, 15) is 22.4 Å². The standard InChI is InChI=1S/C19H12ClF4N7O/c1-10-27-28-29-30(10)13-6-7-15(21)16(8-13)26-18(32)14-9-25-31(17(14)19(22,23)24)12-4-2-11(20)3-5-12/h2-9H,1H3,(H,26,32). The van der Waals surface area contributed by atoms with Gasteiger partial charge in [-0.05, 0) is 59.8 Å². The lowest BCUT2D eigenvalue weighted by atomic mass is 10.2. The molecule has 0 saturated heterocycles. The summed E-state index contributed by atoms with van der Waals surface area (Å²) in [6.45, 7) is 1.60. The van der Waals surface area contributed by atoms with Gasteiger partial charge >= 0.3 is 6.18 Å². The quantitative estimate of drug-likeness (QED) is 0.456. The molecule has 164 valence electrons. The van der Waals surface area contributed by atoms with Crippen LogP contribution in [0.3, 0.4) is 0 Å². The number of nitrogens with zero attached hydrogens (tertiary/aromatic N) is 6. The molecule has 2 aromatic heterocycles. The molecule has 8 nitrogen and oxygen atoms in total. The number of carbonyl (C=O) groups is 1. The second-order valence-electron chi connectivity index (χ2n) is 6.55. The van der Waals surface area contributed by atoms with Crippen molar-refractivity contribution in [2.75, 3.05) is 5.32 Å². The fourth-order valence-corrected chi connectivity index (χ4v) is 3.09. The van der Waals surface area contributed by atoms with Gasteiger partial charge in [-0.3, -0.25) is 4.79 Å². The number of alkyl halides is 3. The summed E-state index contributed by atoms with van der Waals surface area (Å²) in [5.41, 5.74) is -2.10. The summed E-state index contributed by atoms with van der Waals surface area (Å²) in [5, 5.41) is 17.1. The average Bonchev–Trinajstić information content (AvgIpc) is 3.37. The van der Waals surface area contributed by atoms with Crippen LogP contribution in [0.1, 0.15) is 21.9 Å². The van der Waals surface area contributed by atoms with Crippen molar-refractivity contribution in [1.82, 2.24) is 30.0 Å². The highest BCUT2D eigenvalue weighted by Crippen LogP contribution is 2.34. The van der Waals surface area contributed by atoms with Crippen LogP contribution in [0.15, 0.2) is 48.7 Å². The zero-order valence-electron chi connectivity index (χ0n) is 16.1. The summed E-state index contributed by atoms with van der Waals surface area (Å²) in [6, 6.07) is 9.02. The van der Waals surface area contributed by atoms with Crippen LogP contribution in [0.4, 0.5) is 23.2 Å². The molecule has 0 aliphatic heterocycles. The fraction of sp³-hybridized carbons (Fsp3) is 0.105. The highest BCUT2D eigenvalue weighted by Gasteiger charge is 2.40. The number of hydrogen-bond donors (Lipinski definition) is 1. The average molecular weight is 466 g/mol. The summed E-state index contributed by atoms with van der Waals surface area (Å²) >= 11 is 5.78. The Morgan fingerprint density at radius 1 is 1.06 bits per heavy atom. The van der Waals surface area contributed by atoms with Crippen molar-refractivity contribution < 1.29 is 22.4 Å². The molecular formula is C19H12ClF4N7O. The Bertz CT molecular complexity index is 1300. The molecule has 0 saturated carbocycles. The van der Waals surface area contributed by atoms with Crippen molar-refractivity contribution in [2.45, 2.75) is 13.1 Å². The van der Waals surface area contributed by atoms with Gasteiger partial charge in [0.2, 0.25) is 0 Å². The number of aromatic nitrogens is 6. The van der Waals surface area contributed by atoms with Crippen LogP contribution in [0, 0.1) is 12.7 Å². The van der Waals surface area contributed by atoms with E-state index >= 15 is 0 Å². The molecule has 0 radical (unpaired) electrons. The third-order valence-electron chi connectivity index (χ3n) is 4.42. The molecular weight excluding hydrogens is 454 g/mol. The zero-order valence-corrected chi connectivity index (χ0v) is 16.9. The third kappa shape index (κ3) is 4.04. The molecule has 4 rings (SSSR count).